The van der Waals surface area contributed by atoms with E-state index in [0.29, 0.717) is 18.8 Å². The minimum atomic E-state index is -1.26. The van der Waals surface area contributed by atoms with Crippen LogP contribution in [0.5, 0.6) is 0 Å². The van der Waals surface area contributed by atoms with Crippen LogP contribution in [0.2, 0.25) is 0 Å². The van der Waals surface area contributed by atoms with E-state index >= 15 is 0 Å². The molecule has 0 bridgehead atoms. The van der Waals surface area contributed by atoms with E-state index in [4.69, 9.17) is 14.2 Å². The lowest BCUT2D eigenvalue weighted by molar-refractivity contribution is -0.178. The number of aryl methyl sites for hydroxylation is 1. The van der Waals surface area contributed by atoms with E-state index in [9.17, 15) is 14.4 Å². The van der Waals surface area contributed by atoms with Gasteiger partial charge in [-0.05, 0) is 55.4 Å². The van der Waals surface area contributed by atoms with E-state index in [0.717, 1.165) is 30.4 Å². The van der Waals surface area contributed by atoms with E-state index in [1.54, 1.807) is 4.90 Å². The molecule has 2 aliphatic rings. The zero-order chi connectivity index (χ0) is 32.4. The van der Waals surface area contributed by atoms with E-state index in [-0.39, 0.29) is 37.8 Å². The molecular weight excluding hydrogens is 580 g/mol. The molecule has 46 heavy (non-hydrogen) atoms. The van der Waals surface area contributed by atoms with Gasteiger partial charge >= 0.3 is 5.97 Å². The summed E-state index contributed by atoms with van der Waals surface area (Å²) >= 11 is 0. The molecule has 8 heteroatoms. The number of rotatable bonds is 14. The van der Waals surface area contributed by atoms with Crippen LogP contribution in [0.15, 0.2) is 103 Å². The summed E-state index contributed by atoms with van der Waals surface area (Å²) in [5.74, 6) is -1.60. The van der Waals surface area contributed by atoms with Gasteiger partial charge in [0, 0.05) is 24.6 Å². The van der Waals surface area contributed by atoms with Gasteiger partial charge in [-0.1, -0.05) is 91.0 Å². The van der Waals surface area contributed by atoms with Crippen molar-refractivity contribution in [2.24, 2.45) is 11.3 Å². The summed E-state index contributed by atoms with van der Waals surface area (Å²) in [6, 6.07) is 29.8. The Balaban J connectivity index is 1.33. The Labute approximate surface area is 271 Å². The lowest BCUT2D eigenvalue weighted by atomic mass is 9.66. The highest BCUT2D eigenvalue weighted by molar-refractivity contribution is 5.92. The molecule has 0 unspecified atom stereocenters. The number of piperidine rings is 1. The highest BCUT2D eigenvalue weighted by Crippen LogP contribution is 2.50. The minimum Gasteiger partial charge on any atom is -0.468 e. The zero-order valence-corrected chi connectivity index (χ0v) is 26.7. The first kappa shape index (κ1) is 33.1. The van der Waals surface area contributed by atoms with Crippen LogP contribution in [0, 0.1) is 11.3 Å². The molecule has 4 atom stereocenters. The Morgan fingerprint density at radius 3 is 2.20 bits per heavy atom. The molecule has 2 amide bonds. The lowest BCUT2D eigenvalue weighted by Gasteiger charge is -2.51. The van der Waals surface area contributed by atoms with Gasteiger partial charge < -0.3 is 24.4 Å². The fourth-order valence-corrected chi connectivity index (χ4v) is 6.57. The van der Waals surface area contributed by atoms with Crippen molar-refractivity contribution in [3.63, 3.8) is 0 Å². The van der Waals surface area contributed by atoms with Crippen LogP contribution in [-0.2, 0) is 48.2 Å². The van der Waals surface area contributed by atoms with Crippen molar-refractivity contribution in [3.8, 4) is 0 Å². The molecule has 0 aromatic heterocycles. The molecule has 8 nitrogen and oxygen atoms in total. The van der Waals surface area contributed by atoms with Gasteiger partial charge in [-0.15, -0.1) is 0 Å². The summed E-state index contributed by atoms with van der Waals surface area (Å²) < 4.78 is 17.8. The molecule has 1 fully saturated rings. The molecule has 1 N–H and O–H groups in total. The fourth-order valence-electron chi connectivity index (χ4n) is 6.57. The Kier molecular flexibility index (Phi) is 11.4. The number of nitrogens with zero attached hydrogens (tertiary/aromatic N) is 1. The van der Waals surface area contributed by atoms with Crippen molar-refractivity contribution < 1.29 is 28.6 Å². The summed E-state index contributed by atoms with van der Waals surface area (Å²) in [6.07, 6.45) is 3.55. The summed E-state index contributed by atoms with van der Waals surface area (Å²) in [4.78, 5) is 42.8. The highest BCUT2D eigenvalue weighted by Gasteiger charge is 2.59. The number of esters is 1. The number of hydrogen-bond acceptors (Lipinski definition) is 6. The summed E-state index contributed by atoms with van der Waals surface area (Å²) in [6.45, 7) is 3.29. The van der Waals surface area contributed by atoms with Crippen LogP contribution < -0.4 is 5.32 Å². The van der Waals surface area contributed by atoms with Gasteiger partial charge in [0.25, 0.3) is 0 Å². The molecule has 5 rings (SSSR count). The SMILES string of the molecule is COC(=O)[C@]12C[C@H](CC(=O)NCCCCc3ccccc3)C(=O)N(Cc3ccccc3)C1=C[C@H](COCc1ccccc1)O[C@@H]2C. The fraction of sp³-hybridized carbons (Fsp3) is 0.395. The third-order valence-electron chi connectivity index (χ3n) is 8.96. The van der Waals surface area contributed by atoms with Crippen molar-refractivity contribution in [2.45, 2.75) is 64.4 Å². The van der Waals surface area contributed by atoms with Gasteiger partial charge in [-0.25, -0.2) is 0 Å². The molecule has 2 heterocycles. The van der Waals surface area contributed by atoms with Crippen LogP contribution >= 0.6 is 0 Å². The molecule has 3 aromatic rings. The van der Waals surface area contributed by atoms with Gasteiger partial charge in [0.15, 0.2) is 0 Å². The first-order chi connectivity index (χ1) is 22.4. The maximum absolute atomic E-state index is 14.2. The van der Waals surface area contributed by atoms with Crippen LogP contribution in [0.25, 0.3) is 0 Å². The first-order valence-electron chi connectivity index (χ1n) is 16.1. The number of hydrogen-bond donors (Lipinski definition) is 1. The maximum Gasteiger partial charge on any atom is 0.320 e. The summed E-state index contributed by atoms with van der Waals surface area (Å²) in [5, 5.41) is 3.00. The van der Waals surface area contributed by atoms with E-state index < -0.39 is 29.5 Å². The quantitative estimate of drug-likeness (QED) is 0.185. The molecule has 242 valence electrons. The van der Waals surface area contributed by atoms with Crippen LogP contribution in [-0.4, -0.2) is 55.2 Å². The van der Waals surface area contributed by atoms with Gasteiger partial charge in [0.05, 0.1) is 33.0 Å². The molecule has 1 saturated heterocycles. The lowest BCUT2D eigenvalue weighted by Crippen LogP contribution is -2.60. The Morgan fingerprint density at radius 1 is 0.913 bits per heavy atom. The zero-order valence-electron chi connectivity index (χ0n) is 26.7. The smallest absolute Gasteiger partial charge is 0.320 e. The second-order valence-electron chi connectivity index (χ2n) is 12.1. The monoisotopic (exact) mass is 624 g/mol. The number of amides is 2. The number of likely N-dealkylation sites (tertiary alicyclic amines) is 1. The third-order valence-corrected chi connectivity index (χ3v) is 8.96. The molecule has 0 radical (unpaired) electrons. The second kappa shape index (κ2) is 15.8. The first-order valence-corrected chi connectivity index (χ1v) is 16.1. The molecule has 0 saturated carbocycles. The summed E-state index contributed by atoms with van der Waals surface area (Å²) in [5.41, 5.74) is 2.52. The van der Waals surface area contributed by atoms with Gasteiger partial charge in [0.2, 0.25) is 11.8 Å². The van der Waals surface area contributed by atoms with Crippen LogP contribution in [0.4, 0.5) is 0 Å². The topological polar surface area (TPSA) is 94.2 Å². The molecule has 3 aromatic carbocycles. The number of benzene rings is 3. The molecule has 0 spiro atoms. The predicted molar refractivity (Wildman–Crippen MR) is 175 cm³/mol. The van der Waals surface area contributed by atoms with Crippen molar-refractivity contribution in [1.82, 2.24) is 10.2 Å². The number of unbranched alkanes of at least 4 members (excludes halogenated alkanes) is 1. The number of carbonyl (C=O) groups excluding carboxylic acids is 3. The average molecular weight is 625 g/mol. The third kappa shape index (κ3) is 7.92. The number of fused-ring (bicyclic) bond motifs is 1. The molecule has 2 aliphatic heterocycles. The van der Waals surface area contributed by atoms with Crippen LogP contribution in [0.1, 0.15) is 49.3 Å². The Morgan fingerprint density at radius 2 is 1.54 bits per heavy atom. The van der Waals surface area contributed by atoms with E-state index in [1.807, 2.05) is 91.9 Å². The van der Waals surface area contributed by atoms with Crippen LogP contribution in [0.3, 0.4) is 0 Å². The van der Waals surface area contributed by atoms with Gasteiger partial charge in [0.1, 0.15) is 11.5 Å². The average Bonchev–Trinajstić information content (AvgIpc) is 3.08. The molecular formula is C38H44N2O6. The van der Waals surface area contributed by atoms with E-state index in [1.165, 1.54) is 12.7 Å². The maximum atomic E-state index is 14.2. The van der Waals surface area contributed by atoms with E-state index in [2.05, 4.69) is 17.4 Å². The van der Waals surface area contributed by atoms with Gasteiger partial charge in [-0.3, -0.25) is 14.4 Å². The summed E-state index contributed by atoms with van der Waals surface area (Å²) in [7, 11) is 1.35. The number of ether oxygens (including phenoxy) is 3. The molecule has 0 aliphatic carbocycles. The minimum absolute atomic E-state index is 0.0227. The number of methoxy groups -OCH3 is 1. The Hall–Kier alpha value is -4.27. The Bertz CT molecular complexity index is 1480. The van der Waals surface area contributed by atoms with Crippen molar-refractivity contribution >= 4 is 17.8 Å². The van der Waals surface area contributed by atoms with Gasteiger partial charge in [-0.2, -0.15) is 0 Å². The van der Waals surface area contributed by atoms with Crippen molar-refractivity contribution in [3.05, 3.63) is 119 Å². The normalized spacial score (nSPS) is 22.5. The van der Waals surface area contributed by atoms with Crippen molar-refractivity contribution in [1.29, 1.82) is 0 Å². The highest BCUT2D eigenvalue weighted by atomic mass is 16.5. The second-order valence-corrected chi connectivity index (χ2v) is 12.1. The largest absolute Gasteiger partial charge is 0.468 e. The standard InChI is InChI=1S/C38H44N2O6/c1-28-38(37(43)44-2)24-32(22-35(41)39-21-13-12-16-29-14-6-3-7-15-29)36(42)40(25-30-17-8-4-9-18-30)34(38)23-33(46-28)27-45-26-31-19-10-5-11-20-31/h3-11,14-15,17-20,23,28,32-33H,12-13,16,21-22,24-27H2,1-2H3,(H,39,41)/t28-,32+,33-,38+/m1/s1. The van der Waals surface area contributed by atoms with Crippen molar-refractivity contribution in [2.75, 3.05) is 20.3 Å². The number of carbonyl (C=O) groups is 3. The number of nitrogens with one attached hydrogen (secondary N) is 1. The predicted octanol–water partition coefficient (Wildman–Crippen LogP) is 5.61.